The number of halogens is 2. The number of carbonyl (C=O) groups excluding carboxylic acids is 1. The first-order valence-electron chi connectivity index (χ1n) is 7.43. The second kappa shape index (κ2) is 7.61. The van der Waals surface area contributed by atoms with E-state index in [1.54, 1.807) is 16.8 Å². The second-order valence-corrected chi connectivity index (χ2v) is 6.64. The Morgan fingerprint density at radius 3 is 2.46 bits per heavy atom. The number of benzene rings is 1. The van der Waals surface area contributed by atoms with Crippen molar-refractivity contribution >= 4 is 27.8 Å². The number of amides is 1. The molecule has 2 rings (SSSR count). The molecule has 7 heteroatoms. The summed E-state index contributed by atoms with van der Waals surface area (Å²) in [4.78, 5) is 23.7. The lowest BCUT2D eigenvalue weighted by Crippen LogP contribution is -2.31. The molecule has 0 radical (unpaired) electrons. The SMILES string of the molecule is CC(C)n1cc(Br)cc1C(=O)NC(CC(=O)O)c1ccc(F)cc1. The van der Waals surface area contributed by atoms with Gasteiger partial charge in [0.25, 0.3) is 5.91 Å². The van der Waals surface area contributed by atoms with Gasteiger partial charge in [-0.05, 0) is 53.5 Å². The van der Waals surface area contributed by atoms with Crippen molar-refractivity contribution in [1.82, 2.24) is 9.88 Å². The number of aromatic nitrogens is 1. The Balaban J connectivity index is 2.27. The number of carbonyl (C=O) groups is 2. The van der Waals surface area contributed by atoms with E-state index in [1.165, 1.54) is 24.3 Å². The molecule has 1 atom stereocenters. The number of rotatable bonds is 6. The molecule has 5 nitrogen and oxygen atoms in total. The largest absolute Gasteiger partial charge is 0.481 e. The van der Waals surface area contributed by atoms with Crippen LogP contribution < -0.4 is 5.32 Å². The van der Waals surface area contributed by atoms with E-state index in [0.717, 1.165) is 4.47 Å². The highest BCUT2D eigenvalue weighted by Crippen LogP contribution is 2.22. The van der Waals surface area contributed by atoms with Gasteiger partial charge < -0.3 is 15.0 Å². The Bertz CT molecular complexity index is 741. The summed E-state index contributed by atoms with van der Waals surface area (Å²) in [7, 11) is 0. The van der Waals surface area contributed by atoms with E-state index in [2.05, 4.69) is 21.2 Å². The van der Waals surface area contributed by atoms with Crippen LogP contribution in [0.25, 0.3) is 0 Å². The first-order valence-corrected chi connectivity index (χ1v) is 8.22. The number of nitrogens with one attached hydrogen (secondary N) is 1. The highest BCUT2D eigenvalue weighted by atomic mass is 79.9. The van der Waals surface area contributed by atoms with Gasteiger partial charge in [-0.1, -0.05) is 12.1 Å². The summed E-state index contributed by atoms with van der Waals surface area (Å²) in [5.41, 5.74) is 0.961. The third-order valence-electron chi connectivity index (χ3n) is 3.56. The molecule has 1 aromatic carbocycles. The number of hydrogen-bond acceptors (Lipinski definition) is 2. The molecule has 2 N–H and O–H groups in total. The predicted molar refractivity (Wildman–Crippen MR) is 91.4 cm³/mol. The Labute approximate surface area is 147 Å². The van der Waals surface area contributed by atoms with Gasteiger partial charge in [-0.15, -0.1) is 0 Å². The standard InChI is InChI=1S/C17H18BrFN2O3/c1-10(2)21-9-12(18)7-15(21)17(24)20-14(8-16(22)23)11-3-5-13(19)6-4-11/h3-7,9-10,14H,8H2,1-2H3,(H,20,24)(H,22,23). The molecule has 24 heavy (non-hydrogen) atoms. The van der Waals surface area contributed by atoms with E-state index in [-0.39, 0.29) is 18.4 Å². The zero-order valence-electron chi connectivity index (χ0n) is 13.3. The Hall–Kier alpha value is -2.15. The molecule has 0 aliphatic heterocycles. The molecule has 0 aliphatic rings. The lowest BCUT2D eigenvalue weighted by Gasteiger charge is -2.19. The van der Waals surface area contributed by atoms with E-state index in [4.69, 9.17) is 5.11 Å². The minimum atomic E-state index is -1.05. The van der Waals surface area contributed by atoms with Crippen LogP contribution in [-0.4, -0.2) is 21.6 Å². The van der Waals surface area contributed by atoms with Gasteiger partial charge in [0.1, 0.15) is 11.5 Å². The lowest BCUT2D eigenvalue weighted by molar-refractivity contribution is -0.137. The Kier molecular flexibility index (Phi) is 5.77. The van der Waals surface area contributed by atoms with Crippen molar-refractivity contribution in [1.29, 1.82) is 0 Å². The molecule has 2 aromatic rings. The molecule has 0 saturated heterocycles. The monoisotopic (exact) mass is 396 g/mol. The van der Waals surface area contributed by atoms with E-state index < -0.39 is 17.8 Å². The third kappa shape index (κ3) is 4.44. The van der Waals surface area contributed by atoms with Crippen LogP contribution in [0.15, 0.2) is 41.0 Å². The smallest absolute Gasteiger partial charge is 0.305 e. The number of carboxylic acid groups (broad SMARTS) is 1. The fraction of sp³-hybridized carbons (Fsp3) is 0.294. The first-order chi connectivity index (χ1) is 11.3. The lowest BCUT2D eigenvalue weighted by atomic mass is 10.0. The van der Waals surface area contributed by atoms with Gasteiger partial charge in [-0.2, -0.15) is 0 Å². The Morgan fingerprint density at radius 1 is 1.29 bits per heavy atom. The van der Waals surface area contributed by atoms with Gasteiger partial charge in [0.05, 0.1) is 12.5 Å². The number of hydrogen-bond donors (Lipinski definition) is 2. The fourth-order valence-electron chi connectivity index (χ4n) is 2.41. The normalized spacial score (nSPS) is 12.2. The molecule has 0 bridgehead atoms. The van der Waals surface area contributed by atoms with Crippen LogP contribution in [0.1, 0.15) is 48.4 Å². The minimum Gasteiger partial charge on any atom is -0.481 e. The van der Waals surface area contributed by atoms with Crippen LogP contribution in [0.4, 0.5) is 4.39 Å². The molecule has 0 aliphatic carbocycles. The molecule has 1 aromatic heterocycles. The van der Waals surface area contributed by atoms with Gasteiger partial charge in [0.15, 0.2) is 0 Å². The highest BCUT2D eigenvalue weighted by Gasteiger charge is 2.22. The van der Waals surface area contributed by atoms with Crippen LogP contribution in [0.2, 0.25) is 0 Å². The van der Waals surface area contributed by atoms with Gasteiger partial charge in [-0.3, -0.25) is 9.59 Å². The summed E-state index contributed by atoms with van der Waals surface area (Å²) < 4.78 is 15.6. The molecular weight excluding hydrogens is 379 g/mol. The maximum Gasteiger partial charge on any atom is 0.305 e. The fourth-order valence-corrected chi connectivity index (χ4v) is 2.85. The van der Waals surface area contributed by atoms with Gasteiger partial charge in [0.2, 0.25) is 0 Å². The molecule has 0 saturated carbocycles. The summed E-state index contributed by atoms with van der Waals surface area (Å²) >= 11 is 3.34. The van der Waals surface area contributed by atoms with Crippen LogP contribution in [0.5, 0.6) is 0 Å². The third-order valence-corrected chi connectivity index (χ3v) is 3.99. The minimum absolute atomic E-state index is 0.0702. The molecule has 128 valence electrons. The van der Waals surface area contributed by atoms with Gasteiger partial charge in [-0.25, -0.2) is 4.39 Å². The maximum atomic E-state index is 13.1. The average Bonchev–Trinajstić information content (AvgIpc) is 2.89. The number of carboxylic acids is 1. The van der Waals surface area contributed by atoms with Crippen LogP contribution in [-0.2, 0) is 4.79 Å². The van der Waals surface area contributed by atoms with Crippen molar-refractivity contribution in [2.75, 3.05) is 0 Å². The quantitative estimate of drug-likeness (QED) is 0.777. The first kappa shape index (κ1) is 18.2. The zero-order valence-corrected chi connectivity index (χ0v) is 14.9. The molecule has 1 heterocycles. The maximum absolute atomic E-state index is 13.1. The van der Waals surface area contributed by atoms with Crippen LogP contribution in [0, 0.1) is 5.82 Å². The van der Waals surface area contributed by atoms with E-state index >= 15 is 0 Å². The summed E-state index contributed by atoms with van der Waals surface area (Å²) in [6.07, 6.45) is 1.50. The summed E-state index contributed by atoms with van der Waals surface area (Å²) in [6, 6.07) is 6.43. The summed E-state index contributed by atoms with van der Waals surface area (Å²) in [5.74, 6) is -1.85. The summed E-state index contributed by atoms with van der Waals surface area (Å²) in [5, 5.41) is 11.8. The second-order valence-electron chi connectivity index (χ2n) is 5.72. The molecule has 1 unspecified atom stereocenters. The average molecular weight is 397 g/mol. The molecule has 0 fully saturated rings. The van der Waals surface area contributed by atoms with Gasteiger partial charge >= 0.3 is 5.97 Å². The molecule has 1 amide bonds. The zero-order chi connectivity index (χ0) is 17.9. The van der Waals surface area contributed by atoms with Crippen LogP contribution in [0.3, 0.4) is 0 Å². The molecule has 0 spiro atoms. The summed E-state index contributed by atoms with van der Waals surface area (Å²) in [6.45, 7) is 3.88. The van der Waals surface area contributed by atoms with Crippen molar-refractivity contribution in [3.8, 4) is 0 Å². The number of aliphatic carboxylic acids is 1. The Morgan fingerprint density at radius 2 is 1.92 bits per heavy atom. The number of nitrogens with zero attached hydrogens (tertiary/aromatic N) is 1. The topological polar surface area (TPSA) is 71.3 Å². The van der Waals surface area contributed by atoms with E-state index in [1.807, 2.05) is 13.8 Å². The van der Waals surface area contributed by atoms with Crippen molar-refractivity contribution in [3.05, 3.63) is 58.1 Å². The van der Waals surface area contributed by atoms with Crippen molar-refractivity contribution in [3.63, 3.8) is 0 Å². The van der Waals surface area contributed by atoms with Gasteiger partial charge in [0, 0.05) is 16.7 Å². The van der Waals surface area contributed by atoms with Crippen molar-refractivity contribution in [2.45, 2.75) is 32.4 Å². The van der Waals surface area contributed by atoms with Crippen molar-refractivity contribution < 1.29 is 19.1 Å². The van der Waals surface area contributed by atoms with E-state index in [9.17, 15) is 14.0 Å². The highest BCUT2D eigenvalue weighted by molar-refractivity contribution is 9.10. The predicted octanol–water partition coefficient (Wildman–Crippen LogP) is 3.92. The van der Waals surface area contributed by atoms with Crippen LogP contribution >= 0.6 is 15.9 Å². The molecular formula is C17H18BrFN2O3. The van der Waals surface area contributed by atoms with E-state index in [0.29, 0.717) is 11.3 Å². The van der Waals surface area contributed by atoms with Crippen molar-refractivity contribution in [2.24, 2.45) is 0 Å².